The topological polar surface area (TPSA) is 69.6 Å². The Kier molecular flexibility index (Phi) is 4.16. The fourth-order valence-electron chi connectivity index (χ4n) is 1.80. The van der Waals surface area contributed by atoms with E-state index in [-0.39, 0.29) is 12.5 Å². The molecular formula is C13H14F2N2O3. The Labute approximate surface area is 114 Å². The van der Waals surface area contributed by atoms with Crippen molar-refractivity contribution in [2.75, 3.05) is 18.4 Å². The van der Waals surface area contributed by atoms with E-state index in [1.807, 2.05) is 0 Å². The van der Waals surface area contributed by atoms with Gasteiger partial charge in [0.1, 0.15) is 23.9 Å². The standard InChI is InChI=1S/C13H14F2N2O3/c14-9-2-1-3-10(15)12(9)16-13(20)17(7-11(18)19)6-8-4-5-8/h1-3,8H,4-7H2,(H,16,20)(H,18,19). The highest BCUT2D eigenvalue weighted by molar-refractivity contribution is 5.91. The van der Waals surface area contributed by atoms with E-state index in [1.54, 1.807) is 0 Å². The van der Waals surface area contributed by atoms with Crippen LogP contribution in [0.4, 0.5) is 19.3 Å². The van der Waals surface area contributed by atoms with E-state index >= 15 is 0 Å². The van der Waals surface area contributed by atoms with Crippen LogP contribution in [0.25, 0.3) is 0 Å². The Morgan fingerprint density at radius 1 is 1.30 bits per heavy atom. The van der Waals surface area contributed by atoms with Gasteiger partial charge in [0.05, 0.1) is 0 Å². The number of carboxylic acids is 1. The van der Waals surface area contributed by atoms with Crippen LogP contribution >= 0.6 is 0 Å². The lowest BCUT2D eigenvalue weighted by molar-refractivity contribution is -0.137. The van der Waals surface area contributed by atoms with E-state index < -0.39 is 35.9 Å². The fourth-order valence-corrected chi connectivity index (χ4v) is 1.80. The lowest BCUT2D eigenvalue weighted by Gasteiger charge is -2.21. The maximum atomic E-state index is 13.4. The molecule has 0 unspecified atom stereocenters. The quantitative estimate of drug-likeness (QED) is 0.871. The Bertz CT molecular complexity index is 512. The van der Waals surface area contributed by atoms with Crippen molar-refractivity contribution in [2.24, 2.45) is 5.92 Å². The van der Waals surface area contributed by atoms with E-state index in [2.05, 4.69) is 5.32 Å². The van der Waals surface area contributed by atoms with Crippen LogP contribution in [0.5, 0.6) is 0 Å². The zero-order valence-corrected chi connectivity index (χ0v) is 10.6. The van der Waals surface area contributed by atoms with Gasteiger partial charge in [-0.25, -0.2) is 13.6 Å². The lowest BCUT2D eigenvalue weighted by Crippen LogP contribution is -2.40. The van der Waals surface area contributed by atoms with Gasteiger partial charge in [0.15, 0.2) is 0 Å². The average Bonchev–Trinajstić information content (AvgIpc) is 3.16. The Hall–Kier alpha value is -2.18. The summed E-state index contributed by atoms with van der Waals surface area (Å²) in [6, 6.07) is 2.39. The number of anilines is 1. The van der Waals surface area contributed by atoms with Gasteiger partial charge in [0, 0.05) is 6.54 Å². The van der Waals surface area contributed by atoms with Crippen LogP contribution in [-0.4, -0.2) is 35.1 Å². The molecule has 1 saturated carbocycles. The second-order valence-corrected chi connectivity index (χ2v) is 4.74. The van der Waals surface area contributed by atoms with Crippen molar-refractivity contribution in [3.8, 4) is 0 Å². The molecule has 0 aliphatic heterocycles. The van der Waals surface area contributed by atoms with Gasteiger partial charge in [-0.2, -0.15) is 0 Å². The van der Waals surface area contributed by atoms with Gasteiger partial charge in [-0.3, -0.25) is 4.79 Å². The van der Waals surface area contributed by atoms with Crippen LogP contribution < -0.4 is 5.32 Å². The van der Waals surface area contributed by atoms with Gasteiger partial charge < -0.3 is 15.3 Å². The molecule has 5 nitrogen and oxygen atoms in total. The fraction of sp³-hybridized carbons (Fsp3) is 0.385. The number of nitrogens with zero attached hydrogens (tertiary/aromatic N) is 1. The molecule has 0 heterocycles. The first-order chi connectivity index (χ1) is 9.47. The average molecular weight is 284 g/mol. The Morgan fingerprint density at radius 3 is 2.40 bits per heavy atom. The third-order valence-corrected chi connectivity index (χ3v) is 2.98. The molecule has 7 heteroatoms. The van der Waals surface area contributed by atoms with E-state index in [1.165, 1.54) is 6.07 Å². The minimum atomic E-state index is -1.17. The highest BCUT2D eigenvalue weighted by Gasteiger charge is 2.28. The normalized spacial score (nSPS) is 13.9. The highest BCUT2D eigenvalue weighted by atomic mass is 19.1. The second kappa shape index (κ2) is 5.85. The number of hydrogen-bond donors (Lipinski definition) is 2. The summed E-state index contributed by atoms with van der Waals surface area (Å²) in [5.74, 6) is -2.71. The minimum absolute atomic E-state index is 0.269. The molecule has 20 heavy (non-hydrogen) atoms. The molecule has 0 atom stereocenters. The minimum Gasteiger partial charge on any atom is -0.480 e. The zero-order valence-electron chi connectivity index (χ0n) is 10.6. The van der Waals surface area contributed by atoms with Crippen LogP contribution in [0.1, 0.15) is 12.8 Å². The van der Waals surface area contributed by atoms with Gasteiger partial charge in [0.25, 0.3) is 0 Å². The summed E-state index contributed by atoms with van der Waals surface area (Å²) in [5.41, 5.74) is -0.566. The summed E-state index contributed by atoms with van der Waals surface area (Å²) < 4.78 is 26.8. The number of carbonyl (C=O) groups is 2. The van der Waals surface area contributed by atoms with Gasteiger partial charge in [0.2, 0.25) is 0 Å². The number of nitrogens with one attached hydrogen (secondary N) is 1. The number of carbonyl (C=O) groups excluding carboxylic acids is 1. The molecule has 0 radical (unpaired) electrons. The first-order valence-electron chi connectivity index (χ1n) is 6.19. The Balaban J connectivity index is 2.08. The number of rotatable bonds is 5. The molecule has 0 spiro atoms. The summed E-state index contributed by atoms with van der Waals surface area (Å²) >= 11 is 0. The van der Waals surface area contributed by atoms with Crippen LogP contribution in [0.2, 0.25) is 0 Å². The summed E-state index contributed by atoms with van der Waals surface area (Å²) in [6.45, 7) is -0.230. The number of halogens is 2. The number of urea groups is 1. The molecule has 2 amide bonds. The van der Waals surface area contributed by atoms with Crippen molar-refractivity contribution < 1.29 is 23.5 Å². The molecule has 0 bridgehead atoms. The van der Waals surface area contributed by atoms with Crippen LogP contribution in [0, 0.1) is 17.6 Å². The van der Waals surface area contributed by atoms with Crippen LogP contribution in [-0.2, 0) is 4.79 Å². The number of carboxylic acid groups (broad SMARTS) is 1. The summed E-state index contributed by atoms with van der Waals surface area (Å²) in [7, 11) is 0. The third-order valence-electron chi connectivity index (χ3n) is 2.98. The first-order valence-corrected chi connectivity index (χ1v) is 6.19. The smallest absolute Gasteiger partial charge is 0.323 e. The van der Waals surface area contributed by atoms with Gasteiger partial charge in [-0.15, -0.1) is 0 Å². The van der Waals surface area contributed by atoms with E-state index in [9.17, 15) is 18.4 Å². The van der Waals surface area contributed by atoms with E-state index in [4.69, 9.17) is 5.11 Å². The van der Waals surface area contributed by atoms with Crippen LogP contribution in [0.3, 0.4) is 0 Å². The molecule has 0 aromatic heterocycles. The summed E-state index contributed by atoms with van der Waals surface area (Å²) in [6.07, 6.45) is 1.86. The first kappa shape index (κ1) is 14.2. The third kappa shape index (κ3) is 3.66. The largest absolute Gasteiger partial charge is 0.480 e. The van der Waals surface area contributed by atoms with Crippen molar-refractivity contribution >= 4 is 17.7 Å². The zero-order chi connectivity index (χ0) is 14.7. The number of aliphatic carboxylic acids is 1. The molecule has 1 aromatic carbocycles. The highest BCUT2D eigenvalue weighted by Crippen LogP contribution is 2.30. The van der Waals surface area contributed by atoms with Crippen molar-refractivity contribution in [3.05, 3.63) is 29.8 Å². The molecule has 2 rings (SSSR count). The second-order valence-electron chi connectivity index (χ2n) is 4.74. The molecule has 1 aliphatic rings. The van der Waals surface area contributed by atoms with Gasteiger partial charge in [-0.1, -0.05) is 6.07 Å². The molecular weight excluding hydrogens is 270 g/mol. The van der Waals surface area contributed by atoms with Crippen molar-refractivity contribution in [1.29, 1.82) is 0 Å². The van der Waals surface area contributed by atoms with Gasteiger partial charge >= 0.3 is 12.0 Å². The molecule has 1 aliphatic carbocycles. The lowest BCUT2D eigenvalue weighted by atomic mass is 10.3. The SMILES string of the molecule is O=C(O)CN(CC1CC1)C(=O)Nc1c(F)cccc1F. The number of benzene rings is 1. The van der Waals surface area contributed by atoms with E-state index in [0.29, 0.717) is 0 Å². The van der Waals surface area contributed by atoms with Crippen LogP contribution in [0.15, 0.2) is 18.2 Å². The maximum absolute atomic E-state index is 13.4. The summed E-state index contributed by atoms with van der Waals surface area (Å²) in [4.78, 5) is 23.7. The van der Waals surface area contributed by atoms with Crippen molar-refractivity contribution in [1.82, 2.24) is 4.90 Å². The Morgan fingerprint density at radius 2 is 1.90 bits per heavy atom. The predicted molar refractivity (Wildman–Crippen MR) is 67.3 cm³/mol. The van der Waals surface area contributed by atoms with Gasteiger partial charge in [-0.05, 0) is 30.9 Å². The molecule has 108 valence electrons. The number of para-hydroxylation sites is 1. The predicted octanol–water partition coefficient (Wildman–Crippen LogP) is 2.29. The van der Waals surface area contributed by atoms with E-state index in [0.717, 1.165) is 29.9 Å². The van der Waals surface area contributed by atoms with Crippen molar-refractivity contribution in [3.63, 3.8) is 0 Å². The summed E-state index contributed by atoms with van der Waals surface area (Å²) in [5, 5.41) is 10.9. The number of amides is 2. The molecule has 0 saturated heterocycles. The van der Waals surface area contributed by atoms with Crippen molar-refractivity contribution in [2.45, 2.75) is 12.8 Å². The molecule has 1 fully saturated rings. The monoisotopic (exact) mass is 284 g/mol. The molecule has 1 aromatic rings. The molecule has 2 N–H and O–H groups in total. The maximum Gasteiger partial charge on any atom is 0.323 e. The number of hydrogen-bond acceptors (Lipinski definition) is 2.